The molecule has 7 heteroatoms. The van der Waals surface area contributed by atoms with Crippen LogP contribution in [0.2, 0.25) is 0 Å². The summed E-state index contributed by atoms with van der Waals surface area (Å²) in [5.41, 5.74) is 2.28. The van der Waals surface area contributed by atoms with Gasteiger partial charge in [0.1, 0.15) is 12.3 Å². The van der Waals surface area contributed by atoms with Gasteiger partial charge in [-0.2, -0.15) is 0 Å². The standard InChI is InChI=1S/C28H35N3O4/c1-28(2,3)21-12-13-24-23(17-21)31(26(33)19-35-24)18-25(32)30-16-8-7-11-22(30)14-15-29-27(34)20-9-5-4-6-10-20/h4-6,9-10,12-13,17,22H,7-8,11,14-16,18-19H2,1-3H3,(H,29,34)/t22-/m0/s1. The van der Waals surface area contributed by atoms with Crippen LogP contribution in [0.3, 0.4) is 0 Å². The molecule has 0 bridgehead atoms. The number of nitrogens with zero attached hydrogens (tertiary/aromatic N) is 2. The van der Waals surface area contributed by atoms with E-state index >= 15 is 0 Å². The zero-order valence-corrected chi connectivity index (χ0v) is 20.9. The average molecular weight is 478 g/mol. The normalized spacial score (nSPS) is 18.0. The lowest BCUT2D eigenvalue weighted by Gasteiger charge is -2.38. The fraction of sp³-hybridized carbons (Fsp3) is 0.464. The summed E-state index contributed by atoms with van der Waals surface area (Å²) >= 11 is 0. The third kappa shape index (κ3) is 5.84. The molecule has 3 amide bonds. The zero-order chi connectivity index (χ0) is 25.0. The molecule has 1 atom stereocenters. The number of ether oxygens (including phenoxy) is 1. The Morgan fingerprint density at radius 2 is 1.86 bits per heavy atom. The van der Waals surface area contributed by atoms with Gasteiger partial charge in [0, 0.05) is 24.7 Å². The molecule has 1 fully saturated rings. The molecular weight excluding hydrogens is 442 g/mol. The monoisotopic (exact) mass is 477 g/mol. The Balaban J connectivity index is 1.42. The van der Waals surface area contributed by atoms with Crippen LogP contribution in [-0.4, -0.2) is 54.9 Å². The fourth-order valence-electron chi connectivity index (χ4n) is 4.74. The lowest BCUT2D eigenvalue weighted by atomic mass is 9.86. The first-order valence-electron chi connectivity index (χ1n) is 12.4. The van der Waals surface area contributed by atoms with Crippen molar-refractivity contribution in [3.63, 3.8) is 0 Å². The molecule has 7 nitrogen and oxygen atoms in total. The second-order valence-corrected chi connectivity index (χ2v) is 10.3. The minimum atomic E-state index is -0.208. The van der Waals surface area contributed by atoms with Crippen LogP contribution in [-0.2, 0) is 15.0 Å². The van der Waals surface area contributed by atoms with Gasteiger partial charge in [-0.15, -0.1) is 0 Å². The van der Waals surface area contributed by atoms with Gasteiger partial charge in [0.25, 0.3) is 11.8 Å². The first-order chi connectivity index (χ1) is 16.7. The van der Waals surface area contributed by atoms with Crippen molar-refractivity contribution >= 4 is 23.4 Å². The van der Waals surface area contributed by atoms with Crippen molar-refractivity contribution in [1.29, 1.82) is 0 Å². The highest BCUT2D eigenvalue weighted by molar-refractivity contribution is 6.02. The fourth-order valence-corrected chi connectivity index (χ4v) is 4.74. The van der Waals surface area contributed by atoms with Crippen molar-refractivity contribution < 1.29 is 19.1 Å². The molecule has 35 heavy (non-hydrogen) atoms. The van der Waals surface area contributed by atoms with Gasteiger partial charge < -0.3 is 15.0 Å². The maximum absolute atomic E-state index is 13.4. The van der Waals surface area contributed by atoms with E-state index < -0.39 is 0 Å². The molecule has 0 saturated carbocycles. The summed E-state index contributed by atoms with van der Waals surface area (Å²) < 4.78 is 5.64. The molecule has 186 valence electrons. The lowest BCUT2D eigenvalue weighted by molar-refractivity contribution is -0.135. The Labute approximate surface area is 207 Å². The third-order valence-electron chi connectivity index (χ3n) is 6.81. The zero-order valence-electron chi connectivity index (χ0n) is 20.9. The number of carbonyl (C=O) groups is 3. The highest BCUT2D eigenvalue weighted by atomic mass is 16.5. The number of benzene rings is 2. The number of likely N-dealkylation sites (tertiary alicyclic amines) is 1. The van der Waals surface area contributed by atoms with Crippen LogP contribution in [0.5, 0.6) is 5.75 Å². The number of amides is 3. The molecule has 2 aliphatic heterocycles. The molecule has 1 N–H and O–H groups in total. The van der Waals surface area contributed by atoms with E-state index in [1.54, 1.807) is 17.0 Å². The molecule has 0 spiro atoms. The Morgan fingerprint density at radius 3 is 2.60 bits per heavy atom. The number of carbonyl (C=O) groups excluding carboxylic acids is 3. The molecular formula is C28H35N3O4. The van der Waals surface area contributed by atoms with Crippen LogP contribution < -0.4 is 15.0 Å². The van der Waals surface area contributed by atoms with Gasteiger partial charge in [0.05, 0.1) is 5.69 Å². The number of anilines is 1. The smallest absolute Gasteiger partial charge is 0.265 e. The molecule has 2 heterocycles. The van der Waals surface area contributed by atoms with Gasteiger partial charge in [-0.25, -0.2) is 0 Å². The van der Waals surface area contributed by atoms with Crippen LogP contribution in [0, 0.1) is 0 Å². The summed E-state index contributed by atoms with van der Waals surface area (Å²) in [6.07, 6.45) is 3.58. The average Bonchev–Trinajstić information content (AvgIpc) is 2.85. The van der Waals surface area contributed by atoms with E-state index in [2.05, 4.69) is 26.1 Å². The van der Waals surface area contributed by atoms with Gasteiger partial charge >= 0.3 is 0 Å². The maximum atomic E-state index is 13.4. The van der Waals surface area contributed by atoms with Crippen molar-refractivity contribution in [3.8, 4) is 5.75 Å². The highest BCUT2D eigenvalue weighted by Gasteiger charge is 2.33. The second kappa shape index (κ2) is 10.5. The van der Waals surface area contributed by atoms with Crippen LogP contribution in [0.1, 0.15) is 62.4 Å². The summed E-state index contributed by atoms with van der Waals surface area (Å²) in [5.74, 6) is 0.251. The van der Waals surface area contributed by atoms with Crippen molar-refractivity contribution in [2.24, 2.45) is 0 Å². The summed E-state index contributed by atoms with van der Waals surface area (Å²) in [5, 5.41) is 2.97. The summed E-state index contributed by atoms with van der Waals surface area (Å²) in [6, 6.07) is 15.0. The quantitative estimate of drug-likeness (QED) is 0.684. The minimum Gasteiger partial charge on any atom is -0.482 e. The summed E-state index contributed by atoms with van der Waals surface area (Å²) in [6.45, 7) is 7.44. The van der Waals surface area contributed by atoms with Gasteiger partial charge in [-0.05, 0) is 60.9 Å². The maximum Gasteiger partial charge on any atom is 0.265 e. The number of hydrogen-bond acceptors (Lipinski definition) is 4. The van der Waals surface area contributed by atoms with Crippen molar-refractivity contribution in [2.45, 2.75) is 57.9 Å². The van der Waals surface area contributed by atoms with Crippen molar-refractivity contribution in [2.75, 3.05) is 31.1 Å². The van der Waals surface area contributed by atoms with E-state index in [9.17, 15) is 14.4 Å². The number of hydrogen-bond donors (Lipinski definition) is 1. The second-order valence-electron chi connectivity index (χ2n) is 10.3. The van der Waals surface area contributed by atoms with E-state index in [1.165, 1.54) is 0 Å². The Kier molecular flexibility index (Phi) is 7.43. The molecule has 2 aromatic carbocycles. The van der Waals surface area contributed by atoms with E-state index in [0.717, 1.165) is 24.8 Å². The molecule has 0 aromatic heterocycles. The highest BCUT2D eigenvalue weighted by Crippen LogP contribution is 2.36. The first kappa shape index (κ1) is 24.8. The third-order valence-corrected chi connectivity index (χ3v) is 6.81. The van der Waals surface area contributed by atoms with Gasteiger partial charge in [0.2, 0.25) is 5.91 Å². The van der Waals surface area contributed by atoms with E-state index in [4.69, 9.17) is 4.74 Å². The number of nitrogens with one attached hydrogen (secondary N) is 1. The van der Waals surface area contributed by atoms with Gasteiger partial charge in [0.15, 0.2) is 6.61 Å². The Bertz CT molecular complexity index is 1080. The summed E-state index contributed by atoms with van der Waals surface area (Å²) in [4.78, 5) is 42.1. The molecule has 2 aromatic rings. The Morgan fingerprint density at radius 1 is 1.09 bits per heavy atom. The topological polar surface area (TPSA) is 79.0 Å². The van der Waals surface area contributed by atoms with Crippen LogP contribution in [0.15, 0.2) is 48.5 Å². The van der Waals surface area contributed by atoms with Crippen LogP contribution in [0.4, 0.5) is 5.69 Å². The van der Waals surface area contributed by atoms with Gasteiger partial charge in [-0.1, -0.05) is 45.0 Å². The van der Waals surface area contributed by atoms with E-state index in [-0.39, 0.29) is 42.3 Å². The first-order valence-corrected chi connectivity index (χ1v) is 12.4. The molecule has 1 saturated heterocycles. The van der Waals surface area contributed by atoms with E-state index in [1.807, 2.05) is 41.3 Å². The van der Waals surface area contributed by atoms with Crippen molar-refractivity contribution in [3.05, 3.63) is 59.7 Å². The molecule has 2 aliphatic rings. The number of fused-ring (bicyclic) bond motifs is 1. The Hall–Kier alpha value is -3.35. The van der Waals surface area contributed by atoms with Crippen LogP contribution >= 0.6 is 0 Å². The van der Waals surface area contributed by atoms with E-state index in [0.29, 0.717) is 36.5 Å². The predicted octanol–water partition coefficient (Wildman–Crippen LogP) is 3.91. The summed E-state index contributed by atoms with van der Waals surface area (Å²) in [7, 11) is 0. The molecule has 0 radical (unpaired) electrons. The molecule has 0 aliphatic carbocycles. The number of piperidine rings is 1. The van der Waals surface area contributed by atoms with Crippen LogP contribution in [0.25, 0.3) is 0 Å². The lowest BCUT2D eigenvalue weighted by Crippen LogP contribution is -2.51. The minimum absolute atomic E-state index is 0.00430. The molecule has 4 rings (SSSR count). The number of rotatable bonds is 6. The predicted molar refractivity (Wildman–Crippen MR) is 136 cm³/mol. The van der Waals surface area contributed by atoms with Crippen molar-refractivity contribution in [1.82, 2.24) is 10.2 Å². The SMILES string of the molecule is CC(C)(C)c1ccc2c(c1)N(CC(=O)N1CCCC[C@H]1CCNC(=O)c1ccccc1)C(=O)CO2. The van der Waals surface area contributed by atoms with Gasteiger partial charge in [-0.3, -0.25) is 19.3 Å². The molecule has 0 unspecified atom stereocenters. The largest absolute Gasteiger partial charge is 0.482 e.